The second kappa shape index (κ2) is 5.24. The number of nitrogens with one attached hydrogen (secondary N) is 1. The van der Waals surface area contributed by atoms with Gasteiger partial charge in [-0.05, 0) is 18.4 Å². The van der Waals surface area contributed by atoms with E-state index in [1.165, 1.54) is 12.0 Å². The van der Waals surface area contributed by atoms with Crippen molar-refractivity contribution in [2.24, 2.45) is 0 Å². The summed E-state index contributed by atoms with van der Waals surface area (Å²) < 4.78 is 11.0. The molecule has 1 unspecified atom stereocenters. The first-order chi connectivity index (χ1) is 10.4. The average Bonchev–Trinajstić information content (AvgIpc) is 2.98. The molecule has 1 aromatic carbocycles. The fourth-order valence-electron chi connectivity index (χ4n) is 3.22. The largest absolute Gasteiger partial charge is 0.378 e. The maximum atomic E-state index is 5.50. The Morgan fingerprint density at radius 1 is 1.19 bits per heavy atom. The maximum Gasteiger partial charge on any atom is 0.246 e. The quantitative estimate of drug-likeness (QED) is 0.937. The van der Waals surface area contributed by atoms with Gasteiger partial charge in [0.1, 0.15) is 6.04 Å². The molecule has 1 aromatic heterocycles. The first kappa shape index (κ1) is 13.0. The van der Waals surface area contributed by atoms with Crippen LogP contribution in [0, 0.1) is 0 Å². The SMILES string of the molecule is c1ccc(C2(c3noc(C4COCCN4)n3)CCC2)cc1. The summed E-state index contributed by atoms with van der Waals surface area (Å²) in [5.74, 6) is 1.47. The minimum Gasteiger partial charge on any atom is -0.378 e. The van der Waals surface area contributed by atoms with Gasteiger partial charge in [-0.2, -0.15) is 4.98 Å². The molecular formula is C16H19N3O2. The summed E-state index contributed by atoms with van der Waals surface area (Å²) in [6, 6.07) is 10.5. The number of morpholine rings is 1. The van der Waals surface area contributed by atoms with E-state index in [1.54, 1.807) is 0 Å². The topological polar surface area (TPSA) is 60.2 Å². The number of hydrogen-bond acceptors (Lipinski definition) is 5. The Morgan fingerprint density at radius 3 is 2.71 bits per heavy atom. The summed E-state index contributed by atoms with van der Waals surface area (Å²) >= 11 is 0. The third-order valence-corrected chi connectivity index (χ3v) is 4.62. The van der Waals surface area contributed by atoms with Crippen molar-refractivity contribution >= 4 is 0 Å². The second-order valence-corrected chi connectivity index (χ2v) is 5.84. The van der Waals surface area contributed by atoms with Crippen LogP contribution in [0.25, 0.3) is 0 Å². The van der Waals surface area contributed by atoms with Crippen LogP contribution in [0.2, 0.25) is 0 Å². The van der Waals surface area contributed by atoms with Crippen molar-refractivity contribution in [3.63, 3.8) is 0 Å². The Labute approximate surface area is 123 Å². The normalized spacial score (nSPS) is 24.5. The van der Waals surface area contributed by atoms with E-state index in [-0.39, 0.29) is 11.5 Å². The highest BCUT2D eigenvalue weighted by Gasteiger charge is 2.44. The van der Waals surface area contributed by atoms with Crippen LogP contribution < -0.4 is 5.32 Å². The van der Waals surface area contributed by atoms with E-state index in [0.29, 0.717) is 12.5 Å². The lowest BCUT2D eigenvalue weighted by Gasteiger charge is -2.39. The summed E-state index contributed by atoms with van der Waals surface area (Å²) in [6.07, 6.45) is 3.39. The zero-order valence-electron chi connectivity index (χ0n) is 11.9. The molecule has 1 saturated carbocycles. The van der Waals surface area contributed by atoms with E-state index >= 15 is 0 Å². The second-order valence-electron chi connectivity index (χ2n) is 5.84. The predicted molar refractivity (Wildman–Crippen MR) is 76.9 cm³/mol. The number of nitrogens with zero attached hydrogens (tertiary/aromatic N) is 2. The maximum absolute atomic E-state index is 5.50. The highest BCUT2D eigenvalue weighted by atomic mass is 16.5. The van der Waals surface area contributed by atoms with Crippen molar-refractivity contribution in [1.29, 1.82) is 0 Å². The number of benzene rings is 1. The van der Waals surface area contributed by atoms with Crippen LogP contribution >= 0.6 is 0 Å². The standard InChI is InChI=1S/C16H19N3O2/c1-2-5-12(6-3-1)16(7-4-8-16)15-18-14(21-19-15)13-11-20-10-9-17-13/h1-3,5-6,13,17H,4,7-11H2. The van der Waals surface area contributed by atoms with Crippen molar-refractivity contribution < 1.29 is 9.26 Å². The van der Waals surface area contributed by atoms with E-state index < -0.39 is 0 Å². The Hall–Kier alpha value is -1.72. The smallest absolute Gasteiger partial charge is 0.246 e. The van der Waals surface area contributed by atoms with Crippen molar-refractivity contribution in [2.75, 3.05) is 19.8 Å². The van der Waals surface area contributed by atoms with Crippen LogP contribution in [0.5, 0.6) is 0 Å². The van der Waals surface area contributed by atoms with Gasteiger partial charge in [0.15, 0.2) is 5.82 Å². The molecule has 2 fully saturated rings. The molecule has 1 saturated heterocycles. The predicted octanol–water partition coefficient (Wildman–Crippen LogP) is 2.20. The molecule has 1 aliphatic heterocycles. The Morgan fingerprint density at radius 2 is 2.05 bits per heavy atom. The Bertz CT molecular complexity index is 601. The zero-order chi connectivity index (χ0) is 14.1. The molecule has 21 heavy (non-hydrogen) atoms. The van der Waals surface area contributed by atoms with Gasteiger partial charge < -0.3 is 14.6 Å². The van der Waals surface area contributed by atoms with Crippen LogP contribution in [0.15, 0.2) is 34.9 Å². The third-order valence-electron chi connectivity index (χ3n) is 4.62. The van der Waals surface area contributed by atoms with Gasteiger partial charge in [-0.25, -0.2) is 0 Å². The summed E-state index contributed by atoms with van der Waals surface area (Å²) in [6.45, 7) is 2.16. The van der Waals surface area contributed by atoms with Gasteiger partial charge in [-0.1, -0.05) is 41.9 Å². The van der Waals surface area contributed by atoms with E-state index in [9.17, 15) is 0 Å². The van der Waals surface area contributed by atoms with Crippen LogP contribution in [-0.4, -0.2) is 29.9 Å². The highest BCUT2D eigenvalue weighted by molar-refractivity contribution is 5.35. The molecule has 1 aliphatic carbocycles. The van der Waals surface area contributed by atoms with Crippen molar-refractivity contribution in [3.05, 3.63) is 47.6 Å². The lowest BCUT2D eigenvalue weighted by molar-refractivity contribution is 0.0659. The molecule has 2 aromatic rings. The van der Waals surface area contributed by atoms with Crippen LogP contribution in [-0.2, 0) is 10.2 Å². The molecule has 0 amide bonds. The van der Waals surface area contributed by atoms with E-state index in [1.807, 2.05) is 6.07 Å². The Balaban J connectivity index is 1.64. The molecule has 0 bridgehead atoms. The van der Waals surface area contributed by atoms with Gasteiger partial charge >= 0.3 is 0 Å². The molecule has 0 spiro atoms. The first-order valence-corrected chi connectivity index (χ1v) is 7.59. The minimum atomic E-state index is -0.0570. The van der Waals surface area contributed by atoms with Gasteiger partial charge in [0.25, 0.3) is 0 Å². The minimum absolute atomic E-state index is 0.0212. The van der Waals surface area contributed by atoms with E-state index in [4.69, 9.17) is 9.26 Å². The van der Waals surface area contributed by atoms with Gasteiger partial charge in [-0.3, -0.25) is 0 Å². The number of aromatic nitrogens is 2. The Kier molecular flexibility index (Phi) is 3.24. The van der Waals surface area contributed by atoms with Crippen LogP contribution in [0.4, 0.5) is 0 Å². The van der Waals surface area contributed by atoms with E-state index in [0.717, 1.165) is 31.8 Å². The molecule has 1 atom stereocenters. The fourth-order valence-corrected chi connectivity index (χ4v) is 3.22. The lowest BCUT2D eigenvalue weighted by atomic mass is 9.64. The molecule has 110 valence electrons. The van der Waals surface area contributed by atoms with Gasteiger partial charge in [0, 0.05) is 6.54 Å². The highest BCUT2D eigenvalue weighted by Crippen LogP contribution is 2.47. The zero-order valence-corrected chi connectivity index (χ0v) is 11.9. The summed E-state index contributed by atoms with van der Waals surface area (Å²) in [5, 5.41) is 7.63. The first-order valence-electron chi connectivity index (χ1n) is 7.59. The number of ether oxygens (including phenoxy) is 1. The monoisotopic (exact) mass is 285 g/mol. The van der Waals surface area contributed by atoms with Crippen LogP contribution in [0.1, 0.15) is 42.6 Å². The number of hydrogen-bond donors (Lipinski definition) is 1. The molecule has 0 radical (unpaired) electrons. The average molecular weight is 285 g/mol. The van der Waals surface area contributed by atoms with Crippen molar-refractivity contribution in [3.8, 4) is 0 Å². The van der Waals surface area contributed by atoms with Crippen molar-refractivity contribution in [1.82, 2.24) is 15.5 Å². The lowest BCUT2D eigenvalue weighted by Crippen LogP contribution is -2.37. The van der Waals surface area contributed by atoms with Crippen LogP contribution in [0.3, 0.4) is 0 Å². The summed E-state index contributed by atoms with van der Waals surface area (Å²) in [5.41, 5.74) is 1.23. The molecule has 2 aliphatic rings. The van der Waals surface area contributed by atoms with E-state index in [2.05, 4.69) is 39.7 Å². The molecule has 5 nitrogen and oxygen atoms in total. The van der Waals surface area contributed by atoms with Gasteiger partial charge in [0.2, 0.25) is 5.89 Å². The molecule has 2 heterocycles. The molecular weight excluding hydrogens is 266 g/mol. The molecule has 4 rings (SSSR count). The number of rotatable bonds is 3. The molecule has 1 N–H and O–H groups in total. The van der Waals surface area contributed by atoms with Gasteiger partial charge in [0.05, 0.1) is 18.6 Å². The summed E-state index contributed by atoms with van der Waals surface area (Å²) in [4.78, 5) is 4.68. The van der Waals surface area contributed by atoms with Crippen molar-refractivity contribution in [2.45, 2.75) is 30.7 Å². The van der Waals surface area contributed by atoms with Gasteiger partial charge in [-0.15, -0.1) is 0 Å². The third kappa shape index (κ3) is 2.17. The molecule has 5 heteroatoms. The fraction of sp³-hybridized carbons (Fsp3) is 0.500. The summed E-state index contributed by atoms with van der Waals surface area (Å²) in [7, 11) is 0.